The SMILES string of the molecule is CCNc1nnc(S[C@@H](C)C(=O)c2ccc(F)c(F)c2)s1. The van der Waals surface area contributed by atoms with E-state index in [9.17, 15) is 13.6 Å². The zero-order valence-corrected chi connectivity index (χ0v) is 13.0. The van der Waals surface area contributed by atoms with Gasteiger partial charge in [-0.15, -0.1) is 10.2 Å². The minimum absolute atomic E-state index is 0.144. The van der Waals surface area contributed by atoms with Crippen LogP contribution in [0.25, 0.3) is 0 Å². The first kappa shape index (κ1) is 15.8. The third kappa shape index (κ3) is 3.98. The number of Topliss-reactive ketones (excluding diaryl/α,β-unsaturated/α-hetero) is 1. The van der Waals surface area contributed by atoms with E-state index in [1.807, 2.05) is 6.92 Å². The Hall–Kier alpha value is -1.54. The van der Waals surface area contributed by atoms with E-state index in [4.69, 9.17) is 0 Å². The molecule has 1 N–H and O–H groups in total. The molecule has 8 heteroatoms. The zero-order chi connectivity index (χ0) is 15.4. The Labute approximate surface area is 129 Å². The van der Waals surface area contributed by atoms with Gasteiger partial charge in [-0.1, -0.05) is 23.1 Å². The highest BCUT2D eigenvalue weighted by atomic mass is 32.2. The zero-order valence-electron chi connectivity index (χ0n) is 11.4. The molecule has 0 aliphatic heterocycles. The molecule has 2 aromatic rings. The number of halogens is 2. The van der Waals surface area contributed by atoms with Crippen LogP contribution in [0.15, 0.2) is 22.5 Å². The molecule has 0 fully saturated rings. The average Bonchev–Trinajstić information content (AvgIpc) is 2.88. The van der Waals surface area contributed by atoms with E-state index in [-0.39, 0.29) is 11.3 Å². The van der Waals surface area contributed by atoms with E-state index in [1.54, 1.807) is 6.92 Å². The molecule has 1 atom stereocenters. The maximum atomic E-state index is 13.2. The number of thioether (sulfide) groups is 1. The molecule has 21 heavy (non-hydrogen) atoms. The molecule has 1 aromatic carbocycles. The number of rotatable bonds is 6. The van der Waals surface area contributed by atoms with E-state index in [0.29, 0.717) is 9.47 Å². The standard InChI is InChI=1S/C13H13F2N3OS2/c1-3-16-12-17-18-13(21-12)20-7(2)11(19)8-4-5-9(14)10(15)6-8/h4-7H,3H2,1-2H3,(H,16,17)/t7-/m0/s1. The maximum Gasteiger partial charge on any atom is 0.206 e. The maximum absolute atomic E-state index is 13.2. The smallest absolute Gasteiger partial charge is 0.206 e. The molecule has 0 unspecified atom stereocenters. The lowest BCUT2D eigenvalue weighted by atomic mass is 10.1. The van der Waals surface area contributed by atoms with Crippen molar-refractivity contribution in [1.82, 2.24) is 10.2 Å². The number of nitrogens with zero attached hydrogens (tertiary/aromatic N) is 2. The van der Waals surface area contributed by atoms with Crippen molar-refractivity contribution in [3.05, 3.63) is 35.4 Å². The molecule has 112 valence electrons. The molecule has 2 rings (SSSR count). The molecule has 0 saturated heterocycles. The lowest BCUT2D eigenvalue weighted by Crippen LogP contribution is -2.13. The second kappa shape index (κ2) is 6.95. The molecule has 0 amide bonds. The Kier molecular flexibility index (Phi) is 5.24. The minimum atomic E-state index is -1.02. The van der Waals surface area contributed by atoms with Gasteiger partial charge in [0.15, 0.2) is 21.8 Å². The first-order valence-corrected chi connectivity index (χ1v) is 7.94. The fourth-order valence-electron chi connectivity index (χ4n) is 1.57. The molecular weight excluding hydrogens is 316 g/mol. The van der Waals surface area contributed by atoms with Gasteiger partial charge in [-0.25, -0.2) is 8.78 Å². The van der Waals surface area contributed by atoms with Crippen molar-refractivity contribution < 1.29 is 13.6 Å². The van der Waals surface area contributed by atoms with Crippen LogP contribution in [0, 0.1) is 11.6 Å². The largest absolute Gasteiger partial charge is 0.360 e. The van der Waals surface area contributed by atoms with E-state index in [2.05, 4.69) is 15.5 Å². The summed E-state index contributed by atoms with van der Waals surface area (Å²) in [5.41, 5.74) is 0.144. The van der Waals surface area contributed by atoms with Gasteiger partial charge in [0.2, 0.25) is 5.13 Å². The summed E-state index contributed by atoms with van der Waals surface area (Å²) in [7, 11) is 0. The number of anilines is 1. The molecule has 0 aliphatic rings. The highest BCUT2D eigenvalue weighted by Crippen LogP contribution is 2.30. The number of hydrogen-bond donors (Lipinski definition) is 1. The number of benzene rings is 1. The van der Waals surface area contributed by atoms with Crippen molar-refractivity contribution in [2.24, 2.45) is 0 Å². The first-order chi connectivity index (χ1) is 10.0. The Morgan fingerprint density at radius 2 is 2.14 bits per heavy atom. The number of hydrogen-bond acceptors (Lipinski definition) is 6. The lowest BCUT2D eigenvalue weighted by molar-refractivity contribution is 0.0993. The van der Waals surface area contributed by atoms with Crippen LogP contribution in [0.4, 0.5) is 13.9 Å². The summed E-state index contributed by atoms with van der Waals surface area (Å²) in [5, 5.41) is 11.2. The van der Waals surface area contributed by atoms with Crippen molar-refractivity contribution in [3.8, 4) is 0 Å². The second-order valence-corrected chi connectivity index (χ2v) is 6.72. The molecule has 1 aromatic heterocycles. The quantitative estimate of drug-likeness (QED) is 0.648. The van der Waals surface area contributed by atoms with E-state index < -0.39 is 16.9 Å². The summed E-state index contributed by atoms with van der Waals surface area (Å²) in [6.45, 7) is 4.38. The molecule has 0 saturated carbocycles. The number of aromatic nitrogens is 2. The number of nitrogens with one attached hydrogen (secondary N) is 1. The first-order valence-electron chi connectivity index (χ1n) is 6.24. The van der Waals surface area contributed by atoms with Gasteiger partial charge < -0.3 is 5.32 Å². The predicted octanol–water partition coefficient (Wildman–Crippen LogP) is 3.61. The molecule has 0 radical (unpaired) electrons. The average molecular weight is 329 g/mol. The van der Waals surface area contributed by atoms with Crippen LogP contribution in [0.1, 0.15) is 24.2 Å². The van der Waals surface area contributed by atoms with Gasteiger partial charge in [0.1, 0.15) is 0 Å². The number of carbonyl (C=O) groups is 1. The van der Waals surface area contributed by atoms with Gasteiger partial charge in [-0.2, -0.15) is 0 Å². The fraction of sp³-hybridized carbons (Fsp3) is 0.308. The van der Waals surface area contributed by atoms with Crippen molar-refractivity contribution >= 4 is 34.0 Å². The Morgan fingerprint density at radius 3 is 2.81 bits per heavy atom. The number of carbonyl (C=O) groups excluding carboxylic acids is 1. The molecule has 4 nitrogen and oxygen atoms in total. The highest BCUT2D eigenvalue weighted by molar-refractivity contribution is 8.02. The van der Waals surface area contributed by atoms with Gasteiger partial charge in [-0.3, -0.25) is 4.79 Å². The molecule has 1 heterocycles. The van der Waals surface area contributed by atoms with Crippen molar-refractivity contribution in [1.29, 1.82) is 0 Å². The van der Waals surface area contributed by atoms with Crippen LogP contribution < -0.4 is 5.32 Å². The summed E-state index contributed by atoms with van der Waals surface area (Å²) in [5.74, 6) is -2.27. The third-order valence-corrected chi connectivity index (χ3v) is 4.65. The van der Waals surface area contributed by atoms with Crippen LogP contribution >= 0.6 is 23.1 Å². The second-order valence-electron chi connectivity index (χ2n) is 4.16. The van der Waals surface area contributed by atoms with Crippen LogP contribution in [0.5, 0.6) is 0 Å². The Bertz CT molecular complexity index is 648. The van der Waals surface area contributed by atoms with Crippen molar-refractivity contribution in [3.63, 3.8) is 0 Å². The van der Waals surface area contributed by atoms with Crippen LogP contribution in [-0.2, 0) is 0 Å². The van der Waals surface area contributed by atoms with Gasteiger partial charge in [0.05, 0.1) is 5.25 Å². The van der Waals surface area contributed by atoms with Gasteiger partial charge >= 0.3 is 0 Å². The van der Waals surface area contributed by atoms with Gasteiger partial charge in [0, 0.05) is 12.1 Å². The number of ketones is 1. The summed E-state index contributed by atoms with van der Waals surface area (Å²) in [6.07, 6.45) is 0. The predicted molar refractivity (Wildman–Crippen MR) is 80.1 cm³/mol. The monoisotopic (exact) mass is 329 g/mol. The summed E-state index contributed by atoms with van der Waals surface area (Å²) in [6, 6.07) is 3.15. The normalized spacial score (nSPS) is 12.2. The topological polar surface area (TPSA) is 54.9 Å². The van der Waals surface area contributed by atoms with Gasteiger partial charge in [-0.05, 0) is 32.0 Å². The molecule has 0 aliphatic carbocycles. The molecule has 0 bridgehead atoms. The third-order valence-electron chi connectivity index (χ3n) is 2.59. The minimum Gasteiger partial charge on any atom is -0.360 e. The van der Waals surface area contributed by atoms with Crippen LogP contribution in [-0.4, -0.2) is 27.8 Å². The van der Waals surface area contributed by atoms with Crippen molar-refractivity contribution in [2.45, 2.75) is 23.4 Å². The van der Waals surface area contributed by atoms with Crippen molar-refractivity contribution in [2.75, 3.05) is 11.9 Å². The van der Waals surface area contributed by atoms with Gasteiger partial charge in [0.25, 0.3) is 0 Å². The molecule has 0 spiro atoms. The Balaban J connectivity index is 2.06. The fourth-order valence-corrected chi connectivity index (χ4v) is 3.61. The molecular formula is C13H13F2N3OS2. The van der Waals surface area contributed by atoms with Crippen LogP contribution in [0.2, 0.25) is 0 Å². The summed E-state index contributed by atoms with van der Waals surface area (Å²) >= 11 is 2.59. The van der Waals surface area contributed by atoms with E-state index in [0.717, 1.165) is 18.7 Å². The van der Waals surface area contributed by atoms with Crippen LogP contribution in [0.3, 0.4) is 0 Å². The van der Waals surface area contributed by atoms with E-state index >= 15 is 0 Å². The summed E-state index contributed by atoms with van der Waals surface area (Å²) < 4.78 is 26.7. The van der Waals surface area contributed by atoms with E-state index in [1.165, 1.54) is 29.2 Å². The highest BCUT2D eigenvalue weighted by Gasteiger charge is 2.20. The lowest BCUT2D eigenvalue weighted by Gasteiger charge is -2.08. The Morgan fingerprint density at radius 1 is 1.38 bits per heavy atom. The summed E-state index contributed by atoms with van der Waals surface area (Å²) in [4.78, 5) is 12.2.